The summed E-state index contributed by atoms with van der Waals surface area (Å²) >= 11 is 1.23. The molecule has 0 amide bonds. The first-order valence-electron chi connectivity index (χ1n) is 6.54. The van der Waals surface area contributed by atoms with Gasteiger partial charge < -0.3 is 4.74 Å². The van der Waals surface area contributed by atoms with Crippen LogP contribution in [0.2, 0.25) is 0 Å². The molecule has 2 saturated heterocycles. The van der Waals surface area contributed by atoms with Crippen molar-refractivity contribution in [2.75, 3.05) is 26.2 Å². The molecule has 0 spiro atoms. The largest absolute Gasteiger partial charge is 0.374 e. The fourth-order valence-electron chi connectivity index (χ4n) is 2.70. The number of fused-ring (bicyclic) bond motifs is 1. The minimum absolute atomic E-state index is 0.0379. The molecule has 3 rings (SSSR count). The van der Waals surface area contributed by atoms with Crippen LogP contribution in [0.4, 0.5) is 0 Å². The van der Waals surface area contributed by atoms with Crippen molar-refractivity contribution in [2.24, 2.45) is 0 Å². The first-order valence-corrected chi connectivity index (χ1v) is 8.90. The normalized spacial score (nSPS) is 28.4. The standard InChI is InChI=1S/C12H18N2O3S2/c15-19(16,12-4-2-6-18-12)13-7-11-8-14-5-1-3-10(14)9-17-11/h2,4,6,10-11,13H,1,3,5,7-9H2. The molecule has 2 atom stereocenters. The summed E-state index contributed by atoms with van der Waals surface area (Å²) in [5.74, 6) is 0. The zero-order valence-corrected chi connectivity index (χ0v) is 12.3. The number of sulfonamides is 1. The van der Waals surface area contributed by atoms with Crippen LogP contribution in [0.3, 0.4) is 0 Å². The maximum absolute atomic E-state index is 12.0. The molecule has 2 aliphatic rings. The van der Waals surface area contributed by atoms with Gasteiger partial charge in [-0.2, -0.15) is 0 Å². The molecule has 0 aromatic carbocycles. The monoisotopic (exact) mass is 302 g/mol. The Balaban J connectivity index is 1.55. The molecular weight excluding hydrogens is 284 g/mol. The molecule has 1 aromatic heterocycles. The highest BCUT2D eigenvalue weighted by Gasteiger charge is 2.32. The Morgan fingerprint density at radius 3 is 3.21 bits per heavy atom. The molecule has 0 radical (unpaired) electrons. The molecule has 5 nitrogen and oxygen atoms in total. The Kier molecular flexibility index (Phi) is 3.91. The van der Waals surface area contributed by atoms with Crippen LogP contribution < -0.4 is 4.72 Å². The lowest BCUT2D eigenvalue weighted by Gasteiger charge is -2.35. The minimum atomic E-state index is -3.37. The molecule has 2 aliphatic heterocycles. The van der Waals surface area contributed by atoms with E-state index in [9.17, 15) is 8.42 Å². The van der Waals surface area contributed by atoms with Gasteiger partial charge in [-0.25, -0.2) is 13.1 Å². The molecule has 1 aromatic rings. The maximum atomic E-state index is 12.0. The highest BCUT2D eigenvalue weighted by molar-refractivity contribution is 7.91. The zero-order valence-electron chi connectivity index (χ0n) is 10.6. The predicted octanol–water partition coefficient (Wildman–Crippen LogP) is 0.890. The first kappa shape index (κ1) is 13.5. The third-order valence-electron chi connectivity index (χ3n) is 3.72. The number of nitrogens with zero attached hydrogens (tertiary/aromatic N) is 1. The number of ether oxygens (including phenoxy) is 1. The highest BCUT2D eigenvalue weighted by Crippen LogP contribution is 2.22. The van der Waals surface area contributed by atoms with Gasteiger partial charge in [-0.15, -0.1) is 11.3 Å². The van der Waals surface area contributed by atoms with E-state index in [1.165, 1.54) is 24.2 Å². The summed E-state index contributed by atoms with van der Waals surface area (Å²) in [7, 11) is -3.37. The Labute approximate surface area is 117 Å². The first-order chi connectivity index (χ1) is 9.15. The smallest absolute Gasteiger partial charge is 0.250 e. The highest BCUT2D eigenvalue weighted by atomic mass is 32.2. The van der Waals surface area contributed by atoms with Crippen molar-refractivity contribution in [3.63, 3.8) is 0 Å². The summed E-state index contributed by atoms with van der Waals surface area (Å²) in [6.07, 6.45) is 2.39. The van der Waals surface area contributed by atoms with E-state index in [0.717, 1.165) is 19.7 Å². The minimum Gasteiger partial charge on any atom is -0.374 e. The van der Waals surface area contributed by atoms with Crippen molar-refractivity contribution >= 4 is 21.4 Å². The lowest BCUT2D eigenvalue weighted by Crippen LogP contribution is -2.49. The molecule has 106 valence electrons. The molecular formula is C12H18N2O3S2. The van der Waals surface area contributed by atoms with Gasteiger partial charge in [0.1, 0.15) is 4.21 Å². The Morgan fingerprint density at radius 1 is 1.53 bits per heavy atom. The molecule has 3 heterocycles. The molecule has 2 unspecified atom stereocenters. The van der Waals surface area contributed by atoms with Gasteiger partial charge in [-0.3, -0.25) is 4.90 Å². The van der Waals surface area contributed by atoms with Crippen molar-refractivity contribution in [1.82, 2.24) is 9.62 Å². The average Bonchev–Trinajstić information content (AvgIpc) is 3.07. The molecule has 0 saturated carbocycles. The maximum Gasteiger partial charge on any atom is 0.250 e. The van der Waals surface area contributed by atoms with Gasteiger partial charge in [0.05, 0.1) is 12.7 Å². The van der Waals surface area contributed by atoms with Gasteiger partial charge >= 0.3 is 0 Å². The topological polar surface area (TPSA) is 58.6 Å². The number of hydrogen-bond donors (Lipinski definition) is 1. The van der Waals surface area contributed by atoms with Crippen LogP contribution >= 0.6 is 11.3 Å². The summed E-state index contributed by atoms with van der Waals surface area (Å²) in [6.45, 7) is 3.02. The lowest BCUT2D eigenvalue weighted by molar-refractivity contribution is -0.0448. The van der Waals surface area contributed by atoms with Gasteiger partial charge in [0.2, 0.25) is 10.0 Å². The quantitative estimate of drug-likeness (QED) is 0.897. The van der Waals surface area contributed by atoms with E-state index < -0.39 is 10.0 Å². The van der Waals surface area contributed by atoms with Crippen molar-refractivity contribution in [1.29, 1.82) is 0 Å². The van der Waals surface area contributed by atoms with Gasteiger partial charge in [0, 0.05) is 19.1 Å². The summed E-state index contributed by atoms with van der Waals surface area (Å²) in [5, 5.41) is 1.76. The predicted molar refractivity (Wildman–Crippen MR) is 73.8 cm³/mol. The van der Waals surface area contributed by atoms with Crippen LogP contribution in [-0.2, 0) is 14.8 Å². The van der Waals surface area contributed by atoms with Crippen LogP contribution in [0, 0.1) is 0 Å². The summed E-state index contributed by atoms with van der Waals surface area (Å²) < 4.78 is 32.7. The second-order valence-corrected chi connectivity index (χ2v) is 7.97. The van der Waals surface area contributed by atoms with Gasteiger partial charge in [-0.1, -0.05) is 6.07 Å². The fourth-order valence-corrected chi connectivity index (χ4v) is 4.80. The van der Waals surface area contributed by atoms with Gasteiger partial charge in [0.15, 0.2) is 0 Å². The van der Waals surface area contributed by atoms with Gasteiger partial charge in [0.25, 0.3) is 0 Å². The third kappa shape index (κ3) is 3.00. The summed E-state index contributed by atoms with van der Waals surface area (Å²) in [4.78, 5) is 2.41. The Morgan fingerprint density at radius 2 is 2.42 bits per heavy atom. The second kappa shape index (κ2) is 5.49. The number of hydrogen-bond acceptors (Lipinski definition) is 5. The summed E-state index contributed by atoms with van der Waals surface area (Å²) in [5.41, 5.74) is 0. The van der Waals surface area contributed by atoms with E-state index in [0.29, 0.717) is 16.8 Å². The van der Waals surface area contributed by atoms with E-state index in [1.54, 1.807) is 17.5 Å². The molecule has 0 bridgehead atoms. The zero-order chi connectivity index (χ0) is 13.3. The van der Waals surface area contributed by atoms with Crippen molar-refractivity contribution in [3.8, 4) is 0 Å². The van der Waals surface area contributed by atoms with Crippen LogP contribution in [0.1, 0.15) is 12.8 Å². The number of morpholine rings is 1. The van der Waals surface area contributed by atoms with E-state index in [2.05, 4.69) is 9.62 Å². The Hall–Kier alpha value is -0.470. The van der Waals surface area contributed by atoms with Crippen LogP contribution in [0.5, 0.6) is 0 Å². The molecule has 1 N–H and O–H groups in total. The molecule has 19 heavy (non-hydrogen) atoms. The van der Waals surface area contributed by atoms with Crippen LogP contribution in [0.15, 0.2) is 21.7 Å². The number of nitrogens with one attached hydrogen (secondary N) is 1. The van der Waals surface area contributed by atoms with Gasteiger partial charge in [-0.05, 0) is 30.8 Å². The van der Waals surface area contributed by atoms with E-state index in [-0.39, 0.29) is 6.10 Å². The number of thiophene rings is 1. The number of rotatable bonds is 4. The average molecular weight is 302 g/mol. The van der Waals surface area contributed by atoms with E-state index in [4.69, 9.17) is 4.74 Å². The van der Waals surface area contributed by atoms with Crippen molar-refractivity contribution in [2.45, 2.75) is 29.2 Å². The van der Waals surface area contributed by atoms with Crippen LogP contribution in [-0.4, -0.2) is 51.7 Å². The fraction of sp³-hybridized carbons (Fsp3) is 0.667. The van der Waals surface area contributed by atoms with Crippen molar-refractivity contribution < 1.29 is 13.2 Å². The van der Waals surface area contributed by atoms with Crippen molar-refractivity contribution in [3.05, 3.63) is 17.5 Å². The third-order valence-corrected chi connectivity index (χ3v) is 6.54. The lowest BCUT2D eigenvalue weighted by atomic mass is 10.2. The molecule has 0 aliphatic carbocycles. The molecule has 2 fully saturated rings. The Bertz CT molecular complexity index is 515. The van der Waals surface area contributed by atoms with E-state index in [1.807, 2.05) is 0 Å². The molecule has 7 heteroatoms. The van der Waals surface area contributed by atoms with Crippen LogP contribution in [0.25, 0.3) is 0 Å². The summed E-state index contributed by atoms with van der Waals surface area (Å²) in [6, 6.07) is 3.90. The second-order valence-electron chi connectivity index (χ2n) is 5.03. The van der Waals surface area contributed by atoms with E-state index >= 15 is 0 Å². The SMILES string of the molecule is O=S(=O)(NCC1CN2CCCC2CO1)c1cccs1.